The molecule has 0 saturated carbocycles. The lowest BCUT2D eigenvalue weighted by Crippen LogP contribution is -2.12. The molecular weight excluding hydrogens is 132 g/mol. The van der Waals surface area contributed by atoms with Gasteiger partial charge in [-0.15, -0.1) is 0 Å². The third-order valence-corrected chi connectivity index (χ3v) is 2.75. The summed E-state index contributed by atoms with van der Waals surface area (Å²) >= 11 is 0. The van der Waals surface area contributed by atoms with Crippen LogP contribution in [-0.2, 0) is 0 Å². The summed E-state index contributed by atoms with van der Waals surface area (Å²) in [5.41, 5.74) is 0. The van der Waals surface area contributed by atoms with E-state index in [1.54, 1.807) is 0 Å². The van der Waals surface area contributed by atoms with E-state index in [9.17, 15) is 0 Å². The monoisotopic (exact) mass is 156 g/mol. The Morgan fingerprint density at radius 2 is 1.45 bits per heavy atom. The van der Waals surface area contributed by atoms with E-state index in [1.165, 1.54) is 19.3 Å². The molecule has 68 valence electrons. The van der Waals surface area contributed by atoms with Crippen LogP contribution in [0.4, 0.5) is 0 Å². The predicted molar refractivity (Wildman–Crippen MR) is 52.7 cm³/mol. The first-order chi connectivity index (χ1) is 5.11. The summed E-state index contributed by atoms with van der Waals surface area (Å²) in [6, 6.07) is 0. The number of hydrogen-bond acceptors (Lipinski definition) is 0. The summed E-state index contributed by atoms with van der Waals surface area (Å²) in [6.07, 6.45) is 4.10. The fourth-order valence-electron chi connectivity index (χ4n) is 1.74. The highest BCUT2D eigenvalue weighted by Gasteiger charge is 2.14. The summed E-state index contributed by atoms with van der Waals surface area (Å²) in [5.74, 6) is 2.75. The van der Waals surface area contributed by atoms with Crippen molar-refractivity contribution in [2.45, 2.75) is 53.9 Å². The van der Waals surface area contributed by atoms with Gasteiger partial charge in [-0.25, -0.2) is 0 Å². The number of rotatable bonds is 5. The molecule has 0 aromatic heterocycles. The molecule has 0 N–H and O–H groups in total. The zero-order valence-corrected chi connectivity index (χ0v) is 8.85. The summed E-state index contributed by atoms with van der Waals surface area (Å²) in [4.78, 5) is 0. The average Bonchev–Trinajstić information content (AvgIpc) is 1.98. The van der Waals surface area contributed by atoms with Crippen molar-refractivity contribution < 1.29 is 0 Å². The van der Waals surface area contributed by atoms with Crippen LogP contribution in [0.25, 0.3) is 0 Å². The summed E-state index contributed by atoms with van der Waals surface area (Å²) < 4.78 is 0. The van der Waals surface area contributed by atoms with Crippen LogP contribution in [0.15, 0.2) is 0 Å². The Bertz CT molecular complexity index is 84.0. The molecule has 0 fully saturated rings. The minimum atomic E-state index is 0.869. The van der Waals surface area contributed by atoms with Gasteiger partial charge in [0.25, 0.3) is 0 Å². The van der Waals surface area contributed by atoms with E-state index in [0.717, 1.165) is 17.8 Å². The maximum absolute atomic E-state index is 2.39. The van der Waals surface area contributed by atoms with Gasteiger partial charge < -0.3 is 0 Å². The Morgan fingerprint density at radius 1 is 0.909 bits per heavy atom. The Balaban J connectivity index is 3.74. The van der Waals surface area contributed by atoms with Crippen molar-refractivity contribution in [2.24, 2.45) is 17.8 Å². The molecule has 0 aromatic carbocycles. The standard InChI is InChI=1S/C11H24/c1-6-10(5)11(7-2)8-9(3)4/h9-11H,6-8H2,1-5H3. The van der Waals surface area contributed by atoms with Gasteiger partial charge in [-0.3, -0.25) is 0 Å². The van der Waals surface area contributed by atoms with Crippen LogP contribution >= 0.6 is 0 Å². The van der Waals surface area contributed by atoms with Gasteiger partial charge in [0.15, 0.2) is 0 Å². The predicted octanol–water partition coefficient (Wildman–Crippen LogP) is 4.10. The lowest BCUT2D eigenvalue weighted by atomic mass is 9.83. The molecule has 2 atom stereocenters. The van der Waals surface area contributed by atoms with Crippen LogP contribution in [0.3, 0.4) is 0 Å². The van der Waals surface area contributed by atoms with Crippen molar-refractivity contribution in [3.63, 3.8) is 0 Å². The zero-order chi connectivity index (χ0) is 8.85. The van der Waals surface area contributed by atoms with E-state index in [4.69, 9.17) is 0 Å². The Kier molecular flexibility index (Phi) is 5.62. The minimum Gasteiger partial charge on any atom is -0.0651 e. The molecule has 0 radical (unpaired) electrons. The van der Waals surface area contributed by atoms with Crippen LogP contribution in [0.1, 0.15) is 53.9 Å². The van der Waals surface area contributed by atoms with E-state index < -0.39 is 0 Å². The van der Waals surface area contributed by atoms with Gasteiger partial charge in [0.05, 0.1) is 0 Å². The quantitative estimate of drug-likeness (QED) is 0.562. The first-order valence-electron chi connectivity index (χ1n) is 5.11. The van der Waals surface area contributed by atoms with Gasteiger partial charge in [0.2, 0.25) is 0 Å². The first kappa shape index (κ1) is 11.0. The fraction of sp³-hybridized carbons (Fsp3) is 1.00. The topological polar surface area (TPSA) is 0 Å². The third kappa shape index (κ3) is 4.44. The average molecular weight is 156 g/mol. The molecule has 0 aliphatic heterocycles. The molecule has 0 bridgehead atoms. The molecule has 0 aliphatic rings. The normalized spacial score (nSPS) is 16.9. The highest BCUT2D eigenvalue weighted by molar-refractivity contribution is 4.65. The lowest BCUT2D eigenvalue weighted by Gasteiger charge is -2.23. The van der Waals surface area contributed by atoms with E-state index >= 15 is 0 Å². The van der Waals surface area contributed by atoms with Crippen LogP contribution in [0.2, 0.25) is 0 Å². The first-order valence-corrected chi connectivity index (χ1v) is 5.11. The van der Waals surface area contributed by atoms with Crippen LogP contribution < -0.4 is 0 Å². The van der Waals surface area contributed by atoms with Gasteiger partial charge in [-0.2, -0.15) is 0 Å². The molecule has 0 aliphatic carbocycles. The third-order valence-electron chi connectivity index (χ3n) is 2.75. The van der Waals surface area contributed by atoms with Crippen LogP contribution in [0.5, 0.6) is 0 Å². The van der Waals surface area contributed by atoms with Gasteiger partial charge in [-0.05, 0) is 24.2 Å². The van der Waals surface area contributed by atoms with E-state index in [1.807, 2.05) is 0 Å². The largest absolute Gasteiger partial charge is 0.0651 e. The zero-order valence-electron chi connectivity index (χ0n) is 8.85. The molecule has 0 heteroatoms. The van der Waals surface area contributed by atoms with Crippen LogP contribution in [0, 0.1) is 17.8 Å². The molecule has 11 heavy (non-hydrogen) atoms. The number of hydrogen-bond donors (Lipinski definition) is 0. The van der Waals surface area contributed by atoms with Crippen molar-refractivity contribution in [1.29, 1.82) is 0 Å². The molecule has 2 unspecified atom stereocenters. The Labute approximate surface area is 72.4 Å². The lowest BCUT2D eigenvalue weighted by molar-refractivity contribution is 0.284. The SMILES string of the molecule is CCC(C)C(CC)CC(C)C. The molecule has 0 amide bonds. The molecular formula is C11H24. The second kappa shape index (κ2) is 5.62. The summed E-state index contributed by atoms with van der Waals surface area (Å²) in [6.45, 7) is 11.7. The van der Waals surface area contributed by atoms with Crippen LogP contribution in [-0.4, -0.2) is 0 Å². The van der Waals surface area contributed by atoms with E-state index in [0.29, 0.717) is 0 Å². The molecule has 0 spiro atoms. The maximum Gasteiger partial charge on any atom is -0.0389 e. The molecule has 0 heterocycles. The van der Waals surface area contributed by atoms with Crippen molar-refractivity contribution in [3.8, 4) is 0 Å². The Morgan fingerprint density at radius 3 is 1.73 bits per heavy atom. The second-order valence-corrected chi connectivity index (χ2v) is 4.18. The van der Waals surface area contributed by atoms with Crippen molar-refractivity contribution in [3.05, 3.63) is 0 Å². The van der Waals surface area contributed by atoms with Crippen molar-refractivity contribution in [1.82, 2.24) is 0 Å². The van der Waals surface area contributed by atoms with Gasteiger partial charge in [0, 0.05) is 0 Å². The highest BCUT2D eigenvalue weighted by Crippen LogP contribution is 2.25. The maximum atomic E-state index is 2.39. The fourth-order valence-corrected chi connectivity index (χ4v) is 1.74. The van der Waals surface area contributed by atoms with E-state index in [2.05, 4.69) is 34.6 Å². The molecule has 0 aromatic rings. The summed E-state index contributed by atoms with van der Waals surface area (Å²) in [7, 11) is 0. The molecule has 0 saturated heterocycles. The highest BCUT2D eigenvalue weighted by atomic mass is 14.2. The second-order valence-electron chi connectivity index (χ2n) is 4.18. The molecule has 0 nitrogen and oxygen atoms in total. The smallest absolute Gasteiger partial charge is 0.0389 e. The van der Waals surface area contributed by atoms with Gasteiger partial charge in [0.1, 0.15) is 0 Å². The van der Waals surface area contributed by atoms with Gasteiger partial charge >= 0.3 is 0 Å². The van der Waals surface area contributed by atoms with Crippen molar-refractivity contribution in [2.75, 3.05) is 0 Å². The van der Waals surface area contributed by atoms with Gasteiger partial charge in [-0.1, -0.05) is 47.5 Å². The molecule has 0 rings (SSSR count). The van der Waals surface area contributed by atoms with Crippen molar-refractivity contribution >= 4 is 0 Å². The minimum absolute atomic E-state index is 0.869. The van der Waals surface area contributed by atoms with E-state index in [-0.39, 0.29) is 0 Å². The Hall–Kier alpha value is 0. The summed E-state index contributed by atoms with van der Waals surface area (Å²) in [5, 5.41) is 0.